The second-order valence-corrected chi connectivity index (χ2v) is 5.90. The van der Waals surface area contributed by atoms with Crippen molar-refractivity contribution in [2.75, 3.05) is 30.4 Å². The van der Waals surface area contributed by atoms with Crippen molar-refractivity contribution in [1.29, 1.82) is 0 Å². The molecule has 0 aliphatic carbocycles. The topological polar surface area (TPSA) is 41.1 Å². The van der Waals surface area contributed by atoms with Crippen molar-refractivity contribution < 1.29 is 8.78 Å². The van der Waals surface area contributed by atoms with Gasteiger partial charge in [0.15, 0.2) is 0 Å². The number of nitrogens with zero attached hydrogens (tertiary/aromatic N) is 3. The quantitative estimate of drug-likeness (QED) is 0.902. The van der Waals surface area contributed by atoms with E-state index >= 15 is 0 Å². The van der Waals surface area contributed by atoms with E-state index in [0.717, 1.165) is 12.1 Å². The zero-order valence-corrected chi connectivity index (χ0v) is 13.1. The molecule has 1 rings (SSSR count). The Balaban J connectivity index is 3.30. The average molecular weight is 286 g/mol. The Bertz CT molecular complexity index is 455. The van der Waals surface area contributed by atoms with Crippen molar-refractivity contribution >= 4 is 11.6 Å². The van der Waals surface area contributed by atoms with Crippen LogP contribution in [0.1, 0.15) is 39.1 Å². The third kappa shape index (κ3) is 4.02. The van der Waals surface area contributed by atoms with Crippen LogP contribution in [0.4, 0.5) is 20.4 Å². The van der Waals surface area contributed by atoms with Gasteiger partial charge in [-0.1, -0.05) is 20.8 Å². The molecule has 4 nitrogen and oxygen atoms in total. The number of nitrogens with one attached hydrogen (secondary N) is 1. The minimum absolute atomic E-state index is 0.238. The third-order valence-corrected chi connectivity index (χ3v) is 2.91. The Labute approximate surface area is 119 Å². The molecule has 0 unspecified atom stereocenters. The van der Waals surface area contributed by atoms with E-state index < -0.39 is 6.43 Å². The fraction of sp³-hybridized carbons (Fsp3) is 0.714. The molecule has 1 aromatic rings. The van der Waals surface area contributed by atoms with E-state index in [4.69, 9.17) is 0 Å². The van der Waals surface area contributed by atoms with E-state index in [1.165, 1.54) is 4.90 Å². The molecule has 0 bridgehead atoms. The van der Waals surface area contributed by atoms with Crippen LogP contribution in [0.15, 0.2) is 0 Å². The number of alkyl halides is 2. The summed E-state index contributed by atoms with van der Waals surface area (Å²) in [6.07, 6.45) is -2.39. The lowest BCUT2D eigenvalue weighted by molar-refractivity contribution is 0.156. The number of hydrogen-bond donors (Lipinski definition) is 1. The lowest BCUT2D eigenvalue weighted by atomic mass is 9.95. The first-order valence-electron chi connectivity index (χ1n) is 6.79. The van der Waals surface area contributed by atoms with E-state index in [9.17, 15) is 8.78 Å². The molecule has 0 saturated carbocycles. The first-order valence-corrected chi connectivity index (χ1v) is 6.79. The molecule has 114 valence electrons. The number of aromatic nitrogens is 2. The highest BCUT2D eigenvalue weighted by atomic mass is 19.3. The van der Waals surface area contributed by atoms with E-state index in [-0.39, 0.29) is 12.0 Å². The summed E-state index contributed by atoms with van der Waals surface area (Å²) in [6, 6.07) is 0. The van der Waals surface area contributed by atoms with Crippen molar-refractivity contribution in [2.45, 2.75) is 46.5 Å². The Kier molecular flexibility index (Phi) is 5.25. The molecule has 0 aliphatic rings. The molecule has 0 fully saturated rings. The van der Waals surface area contributed by atoms with Gasteiger partial charge in [0, 0.05) is 24.6 Å². The van der Waals surface area contributed by atoms with Gasteiger partial charge in [-0.25, -0.2) is 18.7 Å². The molecule has 1 N–H and O–H groups in total. The van der Waals surface area contributed by atoms with Crippen molar-refractivity contribution in [3.8, 4) is 0 Å². The van der Waals surface area contributed by atoms with E-state index in [1.54, 1.807) is 7.05 Å². The predicted molar refractivity (Wildman–Crippen MR) is 78.9 cm³/mol. The maximum atomic E-state index is 12.6. The zero-order chi connectivity index (χ0) is 15.5. The van der Waals surface area contributed by atoms with E-state index in [0.29, 0.717) is 17.5 Å². The van der Waals surface area contributed by atoms with Gasteiger partial charge in [0.05, 0.1) is 6.54 Å². The standard InChI is InChI=1S/C14H24F2N4/c1-7-17-11-9(2)12(20(6)8-10(15)16)19-13(18-11)14(3,4)5/h10H,7-8H2,1-6H3,(H,17,18,19). The van der Waals surface area contributed by atoms with Crippen LogP contribution in [0, 0.1) is 6.92 Å². The lowest BCUT2D eigenvalue weighted by Crippen LogP contribution is -2.28. The Morgan fingerprint density at radius 2 is 1.85 bits per heavy atom. The normalized spacial score (nSPS) is 11.8. The summed E-state index contributed by atoms with van der Waals surface area (Å²) in [5.41, 5.74) is 0.557. The van der Waals surface area contributed by atoms with Gasteiger partial charge in [0.25, 0.3) is 6.43 Å². The van der Waals surface area contributed by atoms with Crippen molar-refractivity contribution in [3.63, 3.8) is 0 Å². The SMILES string of the molecule is CCNc1nc(C(C)(C)C)nc(N(C)CC(F)F)c1C. The minimum atomic E-state index is -2.39. The van der Waals surface area contributed by atoms with Crippen LogP contribution in [0.3, 0.4) is 0 Å². The molecule has 0 aliphatic heterocycles. The molecular weight excluding hydrogens is 262 g/mol. The average Bonchev–Trinajstić information content (AvgIpc) is 2.29. The minimum Gasteiger partial charge on any atom is -0.370 e. The number of hydrogen-bond acceptors (Lipinski definition) is 4. The van der Waals surface area contributed by atoms with Gasteiger partial charge in [-0.05, 0) is 13.8 Å². The zero-order valence-electron chi connectivity index (χ0n) is 13.1. The van der Waals surface area contributed by atoms with Crippen LogP contribution in [0.2, 0.25) is 0 Å². The molecule has 0 radical (unpaired) electrons. The highest BCUT2D eigenvalue weighted by molar-refractivity contribution is 5.58. The molecule has 1 aromatic heterocycles. The highest BCUT2D eigenvalue weighted by Crippen LogP contribution is 2.28. The van der Waals surface area contributed by atoms with Gasteiger partial charge < -0.3 is 10.2 Å². The second kappa shape index (κ2) is 6.33. The van der Waals surface area contributed by atoms with E-state index in [2.05, 4.69) is 15.3 Å². The molecule has 20 heavy (non-hydrogen) atoms. The van der Waals surface area contributed by atoms with Crippen molar-refractivity contribution in [2.24, 2.45) is 0 Å². The fourth-order valence-electron chi connectivity index (χ4n) is 1.84. The Morgan fingerprint density at radius 3 is 2.30 bits per heavy atom. The summed E-state index contributed by atoms with van der Waals surface area (Å²) in [5.74, 6) is 1.92. The van der Waals surface area contributed by atoms with E-state index in [1.807, 2.05) is 34.6 Å². The van der Waals surface area contributed by atoms with Crippen LogP contribution in [0.25, 0.3) is 0 Å². The summed E-state index contributed by atoms with van der Waals surface area (Å²) >= 11 is 0. The Morgan fingerprint density at radius 1 is 1.25 bits per heavy atom. The molecule has 0 aromatic carbocycles. The number of anilines is 2. The number of rotatable bonds is 5. The molecule has 0 amide bonds. The first-order chi connectivity index (χ1) is 9.16. The van der Waals surface area contributed by atoms with Crippen LogP contribution in [-0.4, -0.2) is 36.5 Å². The molecule has 0 saturated heterocycles. The van der Waals surface area contributed by atoms with Crippen molar-refractivity contribution in [3.05, 3.63) is 11.4 Å². The molecule has 1 heterocycles. The smallest absolute Gasteiger partial charge is 0.255 e. The maximum Gasteiger partial charge on any atom is 0.255 e. The molecule has 6 heteroatoms. The summed E-state index contributed by atoms with van der Waals surface area (Å²) in [4.78, 5) is 10.5. The van der Waals surface area contributed by atoms with Gasteiger partial charge in [-0.15, -0.1) is 0 Å². The summed E-state index contributed by atoms with van der Waals surface area (Å²) in [6.45, 7) is 10.2. The Hall–Kier alpha value is -1.46. The van der Waals surface area contributed by atoms with Gasteiger partial charge in [0.1, 0.15) is 17.5 Å². The van der Waals surface area contributed by atoms with Gasteiger partial charge >= 0.3 is 0 Å². The predicted octanol–water partition coefficient (Wildman–Crippen LogP) is 3.22. The summed E-state index contributed by atoms with van der Waals surface area (Å²) in [5, 5.41) is 3.17. The fourth-order valence-corrected chi connectivity index (χ4v) is 1.84. The second-order valence-electron chi connectivity index (χ2n) is 5.90. The summed E-state index contributed by atoms with van der Waals surface area (Å²) in [7, 11) is 1.63. The molecule has 0 atom stereocenters. The van der Waals surface area contributed by atoms with Crippen LogP contribution >= 0.6 is 0 Å². The number of halogens is 2. The molecule has 0 spiro atoms. The monoisotopic (exact) mass is 286 g/mol. The lowest BCUT2D eigenvalue weighted by Gasteiger charge is -2.25. The van der Waals surface area contributed by atoms with Crippen LogP contribution < -0.4 is 10.2 Å². The highest BCUT2D eigenvalue weighted by Gasteiger charge is 2.23. The first kappa shape index (κ1) is 16.6. The van der Waals surface area contributed by atoms with Crippen LogP contribution in [-0.2, 0) is 5.41 Å². The van der Waals surface area contributed by atoms with Gasteiger partial charge in [-0.3, -0.25) is 0 Å². The van der Waals surface area contributed by atoms with Crippen molar-refractivity contribution in [1.82, 2.24) is 9.97 Å². The summed E-state index contributed by atoms with van der Waals surface area (Å²) < 4.78 is 25.2. The van der Waals surface area contributed by atoms with Crippen LogP contribution in [0.5, 0.6) is 0 Å². The van der Waals surface area contributed by atoms with Gasteiger partial charge in [0.2, 0.25) is 0 Å². The third-order valence-electron chi connectivity index (χ3n) is 2.91. The maximum absolute atomic E-state index is 12.6. The molecular formula is C14H24F2N4. The van der Waals surface area contributed by atoms with Gasteiger partial charge in [-0.2, -0.15) is 0 Å². The largest absolute Gasteiger partial charge is 0.370 e.